The number of aryl methyl sites for hydroxylation is 1. The van der Waals surface area contributed by atoms with Crippen molar-refractivity contribution in [3.05, 3.63) is 22.4 Å². The van der Waals surface area contributed by atoms with Gasteiger partial charge in [0.1, 0.15) is 0 Å². The molecule has 0 amide bonds. The minimum absolute atomic E-state index is 0.396. The lowest BCUT2D eigenvalue weighted by molar-refractivity contribution is -0.0945. The summed E-state index contributed by atoms with van der Waals surface area (Å²) >= 11 is 1.70. The third-order valence-electron chi connectivity index (χ3n) is 3.16. The van der Waals surface area contributed by atoms with E-state index in [4.69, 9.17) is 4.74 Å². The standard InChI is InChI=1S/C12H20O2S/c1-4-12(2,14-3)11(13)6-5-10-7-8-15-9-10/h7-9,11,13H,4-6H2,1-3H3. The first-order valence-corrected chi connectivity index (χ1v) is 6.31. The van der Waals surface area contributed by atoms with Crippen molar-refractivity contribution in [3.8, 4) is 0 Å². The monoisotopic (exact) mass is 228 g/mol. The quantitative estimate of drug-likeness (QED) is 0.811. The van der Waals surface area contributed by atoms with Crippen molar-refractivity contribution >= 4 is 11.3 Å². The third-order valence-corrected chi connectivity index (χ3v) is 3.89. The van der Waals surface area contributed by atoms with Crippen molar-refractivity contribution in [2.75, 3.05) is 7.11 Å². The van der Waals surface area contributed by atoms with Crippen LogP contribution in [0.1, 0.15) is 32.3 Å². The van der Waals surface area contributed by atoms with Crippen molar-refractivity contribution < 1.29 is 9.84 Å². The lowest BCUT2D eigenvalue weighted by atomic mass is 9.91. The fraction of sp³-hybridized carbons (Fsp3) is 0.667. The second kappa shape index (κ2) is 5.64. The van der Waals surface area contributed by atoms with Crippen LogP contribution in [-0.4, -0.2) is 23.9 Å². The first-order chi connectivity index (χ1) is 7.12. The SMILES string of the molecule is CCC(C)(OC)C(O)CCc1ccsc1. The summed E-state index contributed by atoms with van der Waals surface area (Å²) in [5.74, 6) is 0. The lowest BCUT2D eigenvalue weighted by Crippen LogP contribution is -2.40. The Hall–Kier alpha value is -0.380. The summed E-state index contributed by atoms with van der Waals surface area (Å²) in [5.41, 5.74) is 0.893. The number of ether oxygens (including phenoxy) is 1. The van der Waals surface area contributed by atoms with Crippen LogP contribution in [0.3, 0.4) is 0 Å². The molecule has 15 heavy (non-hydrogen) atoms. The van der Waals surface area contributed by atoms with E-state index in [0.717, 1.165) is 19.3 Å². The Morgan fingerprint density at radius 2 is 2.33 bits per heavy atom. The number of aliphatic hydroxyl groups is 1. The van der Waals surface area contributed by atoms with Crippen molar-refractivity contribution in [3.63, 3.8) is 0 Å². The van der Waals surface area contributed by atoms with Gasteiger partial charge in [0.25, 0.3) is 0 Å². The molecule has 0 saturated heterocycles. The first kappa shape index (κ1) is 12.7. The van der Waals surface area contributed by atoms with E-state index in [0.29, 0.717) is 0 Å². The van der Waals surface area contributed by atoms with E-state index in [-0.39, 0.29) is 0 Å². The Bertz CT molecular complexity index is 265. The minimum Gasteiger partial charge on any atom is -0.390 e. The molecule has 0 fully saturated rings. The van der Waals surface area contributed by atoms with E-state index < -0.39 is 11.7 Å². The summed E-state index contributed by atoms with van der Waals surface area (Å²) in [6.45, 7) is 4.00. The molecule has 0 aromatic carbocycles. The van der Waals surface area contributed by atoms with Crippen LogP contribution >= 0.6 is 11.3 Å². The molecule has 0 aliphatic rings. The fourth-order valence-electron chi connectivity index (χ4n) is 1.56. The topological polar surface area (TPSA) is 29.5 Å². The van der Waals surface area contributed by atoms with Gasteiger partial charge >= 0.3 is 0 Å². The number of thiophene rings is 1. The van der Waals surface area contributed by atoms with Gasteiger partial charge in [-0.1, -0.05) is 6.92 Å². The van der Waals surface area contributed by atoms with Gasteiger partial charge in [-0.3, -0.25) is 0 Å². The smallest absolute Gasteiger partial charge is 0.0905 e. The van der Waals surface area contributed by atoms with E-state index in [2.05, 4.69) is 16.8 Å². The van der Waals surface area contributed by atoms with Gasteiger partial charge in [0.2, 0.25) is 0 Å². The van der Waals surface area contributed by atoms with Gasteiger partial charge in [-0.2, -0.15) is 11.3 Å². The summed E-state index contributed by atoms with van der Waals surface area (Å²) in [6, 6.07) is 2.10. The molecule has 0 radical (unpaired) electrons. The Morgan fingerprint density at radius 3 is 2.80 bits per heavy atom. The van der Waals surface area contributed by atoms with E-state index >= 15 is 0 Å². The van der Waals surface area contributed by atoms with Gasteiger partial charge in [0, 0.05) is 7.11 Å². The van der Waals surface area contributed by atoms with E-state index in [1.165, 1.54) is 5.56 Å². The predicted octanol–water partition coefficient (Wildman–Crippen LogP) is 2.86. The fourth-order valence-corrected chi connectivity index (χ4v) is 2.26. The molecule has 1 aromatic rings. The first-order valence-electron chi connectivity index (χ1n) is 5.36. The molecule has 0 bridgehead atoms. The molecule has 1 N–H and O–H groups in total. The zero-order valence-corrected chi connectivity index (χ0v) is 10.5. The van der Waals surface area contributed by atoms with Gasteiger partial charge < -0.3 is 9.84 Å². The molecule has 1 rings (SSSR count). The van der Waals surface area contributed by atoms with Crippen LogP contribution < -0.4 is 0 Å². The number of hydrogen-bond donors (Lipinski definition) is 1. The normalized spacial score (nSPS) is 17.3. The second-order valence-corrected chi connectivity index (χ2v) is 4.84. The molecule has 3 heteroatoms. The highest BCUT2D eigenvalue weighted by Gasteiger charge is 2.30. The zero-order valence-electron chi connectivity index (χ0n) is 9.69. The highest BCUT2D eigenvalue weighted by Crippen LogP contribution is 2.23. The lowest BCUT2D eigenvalue weighted by Gasteiger charge is -2.32. The van der Waals surface area contributed by atoms with E-state index in [1.54, 1.807) is 18.4 Å². The van der Waals surface area contributed by atoms with Gasteiger partial charge in [0.15, 0.2) is 0 Å². The summed E-state index contributed by atoms with van der Waals surface area (Å²) < 4.78 is 5.37. The summed E-state index contributed by atoms with van der Waals surface area (Å²) in [7, 11) is 1.66. The Morgan fingerprint density at radius 1 is 1.60 bits per heavy atom. The average Bonchev–Trinajstić information content (AvgIpc) is 2.77. The van der Waals surface area contributed by atoms with Crippen LogP contribution in [0.2, 0.25) is 0 Å². The van der Waals surface area contributed by atoms with Crippen LogP contribution in [0.25, 0.3) is 0 Å². The maximum absolute atomic E-state index is 10.0. The third kappa shape index (κ3) is 3.30. The zero-order chi connectivity index (χ0) is 11.3. The molecule has 0 aliphatic carbocycles. The molecule has 0 spiro atoms. The highest BCUT2D eigenvalue weighted by atomic mass is 32.1. The minimum atomic E-state index is -0.407. The molecule has 0 saturated carbocycles. The maximum atomic E-state index is 10.0. The Balaban J connectivity index is 2.44. The molecule has 86 valence electrons. The molecule has 2 unspecified atom stereocenters. The summed E-state index contributed by atoms with van der Waals surface area (Å²) in [5, 5.41) is 14.2. The van der Waals surface area contributed by atoms with Crippen LogP contribution in [0, 0.1) is 0 Å². The van der Waals surface area contributed by atoms with Crippen molar-refractivity contribution in [2.24, 2.45) is 0 Å². The highest BCUT2D eigenvalue weighted by molar-refractivity contribution is 7.07. The number of hydrogen-bond acceptors (Lipinski definition) is 3. The second-order valence-electron chi connectivity index (χ2n) is 4.06. The van der Waals surface area contributed by atoms with Crippen molar-refractivity contribution in [2.45, 2.75) is 44.8 Å². The molecule has 1 heterocycles. The number of aliphatic hydroxyl groups excluding tert-OH is 1. The summed E-state index contributed by atoms with van der Waals surface area (Å²) in [4.78, 5) is 0. The Labute approximate surface area is 95.9 Å². The van der Waals surface area contributed by atoms with Crippen LogP contribution in [0.5, 0.6) is 0 Å². The van der Waals surface area contributed by atoms with Crippen LogP contribution in [0.15, 0.2) is 16.8 Å². The van der Waals surface area contributed by atoms with Gasteiger partial charge in [-0.25, -0.2) is 0 Å². The van der Waals surface area contributed by atoms with E-state index in [9.17, 15) is 5.11 Å². The molecule has 0 aliphatic heterocycles. The molecular weight excluding hydrogens is 208 g/mol. The van der Waals surface area contributed by atoms with Crippen LogP contribution in [0.4, 0.5) is 0 Å². The molecule has 2 nitrogen and oxygen atoms in total. The Kier molecular flexibility index (Phi) is 4.77. The van der Waals surface area contributed by atoms with E-state index in [1.807, 2.05) is 13.8 Å². The van der Waals surface area contributed by atoms with Crippen LogP contribution in [-0.2, 0) is 11.2 Å². The maximum Gasteiger partial charge on any atom is 0.0905 e. The summed E-state index contributed by atoms with van der Waals surface area (Å²) in [6.07, 6.45) is 2.11. The number of methoxy groups -OCH3 is 1. The van der Waals surface area contributed by atoms with Crippen molar-refractivity contribution in [1.29, 1.82) is 0 Å². The van der Waals surface area contributed by atoms with Gasteiger partial charge in [0.05, 0.1) is 11.7 Å². The average molecular weight is 228 g/mol. The molecular formula is C12H20O2S. The van der Waals surface area contributed by atoms with Gasteiger partial charge in [-0.05, 0) is 48.6 Å². The van der Waals surface area contributed by atoms with Gasteiger partial charge in [-0.15, -0.1) is 0 Å². The largest absolute Gasteiger partial charge is 0.390 e. The van der Waals surface area contributed by atoms with Crippen molar-refractivity contribution in [1.82, 2.24) is 0 Å². The molecule has 1 aromatic heterocycles. The number of rotatable bonds is 6. The molecule has 2 atom stereocenters. The predicted molar refractivity (Wildman–Crippen MR) is 64.4 cm³/mol.